The van der Waals surface area contributed by atoms with Gasteiger partial charge in [-0.05, 0) is 67.7 Å². The van der Waals surface area contributed by atoms with Crippen LogP contribution >= 0.6 is 23.2 Å². The Morgan fingerprint density at radius 3 is 2.04 bits per heavy atom. The Morgan fingerprint density at radius 1 is 0.923 bits per heavy atom. The van der Waals surface area contributed by atoms with Gasteiger partial charge < -0.3 is 5.32 Å². The van der Waals surface area contributed by atoms with Crippen LogP contribution in [0.15, 0.2) is 48.5 Å². The molecule has 3 nitrogen and oxygen atoms in total. The van der Waals surface area contributed by atoms with Crippen molar-refractivity contribution in [1.29, 1.82) is 0 Å². The second-order valence-corrected chi connectivity index (χ2v) is 7.72. The van der Waals surface area contributed by atoms with E-state index in [2.05, 4.69) is 22.3 Å². The topological polar surface area (TPSA) is 32.3 Å². The van der Waals surface area contributed by atoms with Crippen molar-refractivity contribution in [2.75, 3.05) is 19.6 Å². The predicted molar refractivity (Wildman–Crippen MR) is 108 cm³/mol. The average molecular weight is 391 g/mol. The summed E-state index contributed by atoms with van der Waals surface area (Å²) in [5.74, 6) is 0.312. The molecule has 1 amide bonds. The van der Waals surface area contributed by atoms with Crippen LogP contribution in [0.5, 0.6) is 0 Å². The van der Waals surface area contributed by atoms with Crippen LogP contribution in [0.2, 0.25) is 10.0 Å². The summed E-state index contributed by atoms with van der Waals surface area (Å²) in [6, 6.07) is 15.8. The van der Waals surface area contributed by atoms with Crippen molar-refractivity contribution < 1.29 is 4.79 Å². The number of piperidine rings is 1. The van der Waals surface area contributed by atoms with Crippen LogP contribution in [0.25, 0.3) is 0 Å². The molecule has 0 saturated carbocycles. The molecule has 138 valence electrons. The lowest BCUT2D eigenvalue weighted by Crippen LogP contribution is -2.40. The summed E-state index contributed by atoms with van der Waals surface area (Å²) in [6.45, 7) is 3.50. The molecule has 1 fully saturated rings. The highest BCUT2D eigenvalue weighted by atomic mass is 35.5. The van der Waals surface area contributed by atoms with Crippen LogP contribution in [0.3, 0.4) is 0 Å². The standard InChI is InChI=1S/C21H24Cl2N2O/c22-19-5-1-16(2-6-19)9-12-24-21(26)18-10-13-25(14-11-18)15-17-3-7-20(23)8-4-17/h1-8,18H,9-15H2,(H,24,26). The molecule has 1 heterocycles. The molecule has 0 spiro atoms. The van der Waals surface area contributed by atoms with Crippen molar-refractivity contribution in [3.8, 4) is 0 Å². The van der Waals surface area contributed by atoms with Gasteiger partial charge in [0.2, 0.25) is 5.91 Å². The molecular formula is C21H24Cl2N2O. The molecule has 0 unspecified atom stereocenters. The summed E-state index contributed by atoms with van der Waals surface area (Å²) in [7, 11) is 0. The Hall–Kier alpha value is -1.55. The Morgan fingerprint density at radius 2 is 1.46 bits per heavy atom. The molecule has 2 aromatic rings. The summed E-state index contributed by atoms with van der Waals surface area (Å²) in [4.78, 5) is 14.8. The molecular weight excluding hydrogens is 367 g/mol. The molecule has 0 atom stereocenters. The second-order valence-electron chi connectivity index (χ2n) is 6.84. The molecule has 0 radical (unpaired) electrons. The monoisotopic (exact) mass is 390 g/mol. The molecule has 2 aromatic carbocycles. The number of halogens is 2. The third-order valence-electron chi connectivity index (χ3n) is 4.90. The van der Waals surface area contributed by atoms with Gasteiger partial charge in [0.15, 0.2) is 0 Å². The summed E-state index contributed by atoms with van der Waals surface area (Å²) >= 11 is 11.8. The van der Waals surface area contributed by atoms with Crippen LogP contribution in [-0.2, 0) is 17.8 Å². The second kappa shape index (κ2) is 9.40. The number of carbonyl (C=O) groups is 1. The van der Waals surface area contributed by atoms with E-state index in [1.807, 2.05) is 36.4 Å². The number of carbonyl (C=O) groups excluding carboxylic acids is 1. The van der Waals surface area contributed by atoms with Gasteiger partial charge >= 0.3 is 0 Å². The number of hydrogen-bond acceptors (Lipinski definition) is 2. The van der Waals surface area contributed by atoms with E-state index in [1.54, 1.807) is 0 Å². The molecule has 3 rings (SSSR count). The number of amides is 1. The fourth-order valence-electron chi connectivity index (χ4n) is 3.33. The number of nitrogens with one attached hydrogen (secondary N) is 1. The first-order valence-corrected chi connectivity index (χ1v) is 9.85. The fraction of sp³-hybridized carbons (Fsp3) is 0.381. The van der Waals surface area contributed by atoms with E-state index in [4.69, 9.17) is 23.2 Å². The Balaban J connectivity index is 1.37. The third kappa shape index (κ3) is 5.73. The summed E-state index contributed by atoms with van der Waals surface area (Å²) < 4.78 is 0. The average Bonchev–Trinajstić information content (AvgIpc) is 2.66. The first-order valence-electron chi connectivity index (χ1n) is 9.09. The minimum Gasteiger partial charge on any atom is -0.356 e. The Bertz CT molecular complexity index is 708. The van der Waals surface area contributed by atoms with Gasteiger partial charge in [0, 0.05) is 29.1 Å². The van der Waals surface area contributed by atoms with Crippen molar-refractivity contribution >= 4 is 29.1 Å². The van der Waals surface area contributed by atoms with Crippen LogP contribution in [0.4, 0.5) is 0 Å². The van der Waals surface area contributed by atoms with Gasteiger partial charge in [0.1, 0.15) is 0 Å². The van der Waals surface area contributed by atoms with E-state index < -0.39 is 0 Å². The molecule has 5 heteroatoms. The van der Waals surface area contributed by atoms with Gasteiger partial charge in [-0.3, -0.25) is 9.69 Å². The molecule has 0 aliphatic carbocycles. The van der Waals surface area contributed by atoms with Crippen LogP contribution < -0.4 is 5.32 Å². The van der Waals surface area contributed by atoms with E-state index in [0.717, 1.165) is 48.9 Å². The predicted octanol–water partition coefficient (Wildman–Crippen LogP) is 4.56. The lowest BCUT2D eigenvalue weighted by atomic mass is 9.95. The third-order valence-corrected chi connectivity index (χ3v) is 5.41. The summed E-state index contributed by atoms with van der Waals surface area (Å²) in [5, 5.41) is 4.59. The van der Waals surface area contributed by atoms with E-state index in [1.165, 1.54) is 11.1 Å². The quantitative estimate of drug-likeness (QED) is 0.783. The smallest absolute Gasteiger partial charge is 0.223 e. The molecule has 1 saturated heterocycles. The van der Waals surface area contributed by atoms with Gasteiger partial charge in [-0.25, -0.2) is 0 Å². The lowest BCUT2D eigenvalue weighted by Gasteiger charge is -2.31. The highest BCUT2D eigenvalue weighted by Crippen LogP contribution is 2.20. The number of nitrogens with zero attached hydrogens (tertiary/aromatic N) is 1. The van der Waals surface area contributed by atoms with Gasteiger partial charge in [-0.1, -0.05) is 47.5 Å². The van der Waals surface area contributed by atoms with Crippen LogP contribution in [0, 0.1) is 5.92 Å². The number of hydrogen-bond donors (Lipinski definition) is 1. The van der Waals surface area contributed by atoms with Gasteiger partial charge in [-0.2, -0.15) is 0 Å². The minimum atomic E-state index is 0.127. The molecule has 1 aliphatic heterocycles. The van der Waals surface area contributed by atoms with E-state index in [0.29, 0.717) is 6.54 Å². The molecule has 1 aliphatic rings. The highest BCUT2D eigenvalue weighted by molar-refractivity contribution is 6.30. The molecule has 0 bridgehead atoms. The summed E-state index contributed by atoms with van der Waals surface area (Å²) in [5.41, 5.74) is 2.45. The zero-order valence-electron chi connectivity index (χ0n) is 14.8. The Labute approximate surface area is 165 Å². The van der Waals surface area contributed by atoms with Gasteiger partial charge in [0.05, 0.1) is 0 Å². The maximum atomic E-state index is 12.4. The van der Waals surface area contributed by atoms with Gasteiger partial charge in [0.25, 0.3) is 0 Å². The first-order chi connectivity index (χ1) is 12.6. The summed E-state index contributed by atoms with van der Waals surface area (Å²) in [6.07, 6.45) is 2.67. The van der Waals surface area contributed by atoms with E-state index in [-0.39, 0.29) is 11.8 Å². The van der Waals surface area contributed by atoms with Crippen LogP contribution in [-0.4, -0.2) is 30.4 Å². The van der Waals surface area contributed by atoms with Gasteiger partial charge in [-0.15, -0.1) is 0 Å². The zero-order valence-corrected chi connectivity index (χ0v) is 16.3. The van der Waals surface area contributed by atoms with Crippen molar-refractivity contribution in [1.82, 2.24) is 10.2 Å². The fourth-order valence-corrected chi connectivity index (χ4v) is 3.58. The maximum Gasteiger partial charge on any atom is 0.223 e. The number of rotatable bonds is 6. The van der Waals surface area contributed by atoms with E-state index in [9.17, 15) is 4.79 Å². The molecule has 26 heavy (non-hydrogen) atoms. The lowest BCUT2D eigenvalue weighted by molar-refractivity contribution is -0.126. The largest absolute Gasteiger partial charge is 0.356 e. The van der Waals surface area contributed by atoms with Crippen molar-refractivity contribution in [2.45, 2.75) is 25.8 Å². The SMILES string of the molecule is O=C(NCCc1ccc(Cl)cc1)C1CCN(Cc2ccc(Cl)cc2)CC1. The Kier molecular flexibility index (Phi) is 6.95. The van der Waals surface area contributed by atoms with E-state index >= 15 is 0 Å². The van der Waals surface area contributed by atoms with Crippen molar-refractivity contribution in [3.05, 3.63) is 69.7 Å². The highest BCUT2D eigenvalue weighted by Gasteiger charge is 2.24. The zero-order chi connectivity index (χ0) is 18.4. The number of benzene rings is 2. The first kappa shape index (κ1) is 19.2. The molecule has 1 N–H and O–H groups in total. The minimum absolute atomic E-state index is 0.127. The van der Waals surface area contributed by atoms with Crippen molar-refractivity contribution in [3.63, 3.8) is 0 Å². The number of likely N-dealkylation sites (tertiary alicyclic amines) is 1. The normalized spacial score (nSPS) is 15.8. The maximum absolute atomic E-state index is 12.4. The van der Waals surface area contributed by atoms with Crippen LogP contribution in [0.1, 0.15) is 24.0 Å². The molecule has 0 aromatic heterocycles. The van der Waals surface area contributed by atoms with Crippen molar-refractivity contribution in [2.24, 2.45) is 5.92 Å².